The van der Waals surface area contributed by atoms with Crippen molar-refractivity contribution in [1.82, 2.24) is 9.80 Å². The maximum Gasteiger partial charge on any atom is 0.245 e. The fourth-order valence-corrected chi connectivity index (χ4v) is 4.09. The molecule has 5 heteroatoms. The van der Waals surface area contributed by atoms with Crippen LogP contribution in [0.2, 0.25) is 0 Å². The van der Waals surface area contributed by atoms with E-state index in [0.29, 0.717) is 13.0 Å². The third kappa shape index (κ3) is 1.86. The van der Waals surface area contributed by atoms with Gasteiger partial charge in [-0.2, -0.15) is 0 Å². The lowest BCUT2D eigenvalue weighted by Crippen LogP contribution is -2.64. The van der Waals surface area contributed by atoms with Gasteiger partial charge in [0, 0.05) is 38.1 Å². The molecule has 3 atom stereocenters. The highest BCUT2D eigenvalue weighted by molar-refractivity contribution is 5.90. The predicted molar refractivity (Wildman–Crippen MR) is 74.0 cm³/mol. The second-order valence-corrected chi connectivity index (χ2v) is 6.82. The molecule has 2 amide bonds. The first kappa shape index (κ1) is 13.9. The number of amides is 2. The van der Waals surface area contributed by atoms with Crippen LogP contribution in [0.3, 0.4) is 0 Å². The summed E-state index contributed by atoms with van der Waals surface area (Å²) in [7, 11) is 1.73. The van der Waals surface area contributed by atoms with Crippen molar-refractivity contribution < 1.29 is 14.3 Å². The number of hydrogen-bond acceptors (Lipinski definition) is 3. The van der Waals surface area contributed by atoms with Gasteiger partial charge in [-0.15, -0.1) is 0 Å². The molecule has 0 radical (unpaired) electrons. The van der Waals surface area contributed by atoms with Gasteiger partial charge in [-0.1, -0.05) is 13.8 Å². The zero-order valence-corrected chi connectivity index (χ0v) is 12.6. The number of methoxy groups -OCH3 is 1. The molecule has 0 spiro atoms. The summed E-state index contributed by atoms with van der Waals surface area (Å²) in [5.41, 5.74) is -0.0266. The number of fused-ring (bicyclic) bond motifs is 1. The quantitative estimate of drug-likeness (QED) is 0.759. The summed E-state index contributed by atoms with van der Waals surface area (Å²) >= 11 is 0. The maximum absolute atomic E-state index is 12.8. The van der Waals surface area contributed by atoms with Gasteiger partial charge in [0.1, 0.15) is 6.04 Å². The van der Waals surface area contributed by atoms with Gasteiger partial charge in [0.15, 0.2) is 0 Å². The van der Waals surface area contributed by atoms with Crippen molar-refractivity contribution in [2.75, 3.05) is 20.2 Å². The van der Waals surface area contributed by atoms with Crippen LogP contribution in [0, 0.1) is 5.41 Å². The molecule has 0 aromatic carbocycles. The van der Waals surface area contributed by atoms with Crippen molar-refractivity contribution >= 4 is 11.8 Å². The topological polar surface area (TPSA) is 49.9 Å². The normalized spacial score (nSPS) is 36.6. The average Bonchev–Trinajstić information content (AvgIpc) is 2.86. The van der Waals surface area contributed by atoms with Gasteiger partial charge in [0.2, 0.25) is 11.8 Å². The fraction of sp³-hybridized carbons (Fsp3) is 0.867. The average molecular weight is 280 g/mol. The first-order valence-corrected chi connectivity index (χ1v) is 7.59. The molecular weight excluding hydrogens is 256 g/mol. The van der Waals surface area contributed by atoms with Crippen molar-refractivity contribution in [3.63, 3.8) is 0 Å². The lowest BCUT2D eigenvalue weighted by Gasteiger charge is -2.55. The highest BCUT2D eigenvalue weighted by atomic mass is 16.5. The van der Waals surface area contributed by atoms with Crippen LogP contribution in [-0.4, -0.2) is 60.0 Å². The van der Waals surface area contributed by atoms with E-state index in [9.17, 15) is 9.59 Å². The number of rotatable bonds is 2. The molecule has 5 nitrogen and oxygen atoms in total. The van der Waals surface area contributed by atoms with Crippen LogP contribution >= 0.6 is 0 Å². The second-order valence-electron chi connectivity index (χ2n) is 6.82. The Balaban J connectivity index is 1.80. The molecule has 0 N–H and O–H groups in total. The van der Waals surface area contributed by atoms with E-state index in [1.54, 1.807) is 12.0 Å². The van der Waals surface area contributed by atoms with Gasteiger partial charge in [0.05, 0.1) is 6.10 Å². The van der Waals surface area contributed by atoms with Crippen LogP contribution in [0.1, 0.15) is 39.5 Å². The summed E-state index contributed by atoms with van der Waals surface area (Å²) in [6, 6.07) is -0.00399. The Bertz CT molecular complexity index is 435. The molecule has 0 aromatic heterocycles. The molecule has 2 heterocycles. The first-order chi connectivity index (χ1) is 9.46. The van der Waals surface area contributed by atoms with Gasteiger partial charge in [-0.25, -0.2) is 0 Å². The number of hydrogen-bond donors (Lipinski definition) is 0. The highest BCUT2D eigenvalue weighted by Crippen LogP contribution is 2.46. The van der Waals surface area contributed by atoms with E-state index < -0.39 is 0 Å². The maximum atomic E-state index is 12.8. The van der Waals surface area contributed by atoms with E-state index in [4.69, 9.17) is 4.74 Å². The number of carbonyl (C=O) groups excluding carboxylic acids is 2. The Morgan fingerprint density at radius 1 is 1.20 bits per heavy atom. The summed E-state index contributed by atoms with van der Waals surface area (Å²) in [6.07, 6.45) is 3.33. The molecule has 2 aliphatic heterocycles. The zero-order valence-electron chi connectivity index (χ0n) is 12.6. The predicted octanol–water partition coefficient (Wildman–Crippen LogP) is 1.02. The largest absolute Gasteiger partial charge is 0.381 e. The molecular formula is C15H24N2O3. The molecule has 2 saturated heterocycles. The van der Waals surface area contributed by atoms with E-state index >= 15 is 0 Å². The Kier molecular flexibility index (Phi) is 3.27. The molecule has 0 aromatic rings. The number of nitrogens with zero attached hydrogens (tertiary/aromatic N) is 2. The van der Waals surface area contributed by atoms with Gasteiger partial charge in [-0.05, 0) is 19.3 Å². The standard InChI is InChI=1S/C15H24N2O3/c1-15(2)11(9-12(15)20-3)17-8-6-13(18)16-7-4-5-10(16)14(17)19/h10-12H,4-9H2,1-3H3. The highest BCUT2D eigenvalue weighted by Gasteiger charge is 2.54. The molecule has 3 aliphatic rings. The summed E-state index contributed by atoms with van der Waals surface area (Å²) in [4.78, 5) is 28.7. The lowest BCUT2D eigenvalue weighted by molar-refractivity contribution is -0.163. The summed E-state index contributed by atoms with van der Waals surface area (Å²) in [5, 5.41) is 0. The Labute approximate surface area is 120 Å². The van der Waals surface area contributed by atoms with E-state index in [1.807, 2.05) is 4.90 Å². The van der Waals surface area contributed by atoms with Crippen LogP contribution in [0.25, 0.3) is 0 Å². The molecule has 1 saturated carbocycles. The third-order valence-electron chi connectivity index (χ3n) is 5.49. The minimum absolute atomic E-state index is 0.0266. The Morgan fingerprint density at radius 2 is 1.95 bits per heavy atom. The van der Waals surface area contributed by atoms with Gasteiger partial charge in [0.25, 0.3) is 0 Å². The van der Waals surface area contributed by atoms with Crippen LogP contribution in [0.5, 0.6) is 0 Å². The molecule has 3 rings (SSSR count). The summed E-state index contributed by atoms with van der Waals surface area (Å²) < 4.78 is 5.48. The van der Waals surface area contributed by atoms with Crippen molar-refractivity contribution in [1.29, 1.82) is 0 Å². The molecule has 1 aliphatic carbocycles. The first-order valence-electron chi connectivity index (χ1n) is 7.59. The zero-order chi connectivity index (χ0) is 14.5. The summed E-state index contributed by atoms with van der Waals surface area (Å²) in [5.74, 6) is 0.296. The van der Waals surface area contributed by atoms with E-state index in [1.165, 1.54) is 0 Å². The Morgan fingerprint density at radius 3 is 2.60 bits per heavy atom. The van der Waals surface area contributed by atoms with Crippen LogP contribution in [0.15, 0.2) is 0 Å². The minimum Gasteiger partial charge on any atom is -0.381 e. The van der Waals surface area contributed by atoms with Crippen molar-refractivity contribution in [3.05, 3.63) is 0 Å². The van der Waals surface area contributed by atoms with Gasteiger partial charge in [-0.3, -0.25) is 9.59 Å². The lowest BCUT2D eigenvalue weighted by atomic mass is 9.63. The second kappa shape index (κ2) is 4.72. The Hall–Kier alpha value is -1.10. The van der Waals surface area contributed by atoms with Crippen LogP contribution in [0.4, 0.5) is 0 Å². The van der Waals surface area contributed by atoms with E-state index in [2.05, 4.69) is 13.8 Å². The third-order valence-corrected chi connectivity index (χ3v) is 5.49. The fourth-order valence-electron chi connectivity index (χ4n) is 4.09. The molecule has 0 bridgehead atoms. The van der Waals surface area contributed by atoms with Gasteiger partial charge < -0.3 is 14.5 Å². The van der Waals surface area contributed by atoms with Crippen molar-refractivity contribution in [3.8, 4) is 0 Å². The van der Waals surface area contributed by atoms with Crippen LogP contribution in [-0.2, 0) is 14.3 Å². The molecule has 3 unspecified atom stereocenters. The van der Waals surface area contributed by atoms with Crippen LogP contribution < -0.4 is 0 Å². The SMILES string of the molecule is COC1CC(N2CCC(=O)N3CCCC3C2=O)C1(C)C. The molecule has 3 fully saturated rings. The minimum atomic E-state index is -0.206. The monoisotopic (exact) mass is 280 g/mol. The smallest absolute Gasteiger partial charge is 0.245 e. The van der Waals surface area contributed by atoms with Crippen molar-refractivity contribution in [2.45, 2.75) is 57.7 Å². The molecule has 112 valence electrons. The summed E-state index contributed by atoms with van der Waals surface area (Å²) in [6.45, 7) is 5.62. The molecule has 20 heavy (non-hydrogen) atoms. The van der Waals surface area contributed by atoms with Crippen molar-refractivity contribution in [2.24, 2.45) is 5.41 Å². The van der Waals surface area contributed by atoms with E-state index in [0.717, 1.165) is 25.8 Å². The number of carbonyl (C=O) groups is 2. The van der Waals surface area contributed by atoms with Gasteiger partial charge >= 0.3 is 0 Å². The van der Waals surface area contributed by atoms with E-state index in [-0.39, 0.29) is 35.4 Å². The number of ether oxygens (including phenoxy) is 1.